The third-order valence-corrected chi connectivity index (χ3v) is 2.96. The number of aromatic nitrogens is 3. The lowest BCUT2D eigenvalue weighted by Crippen LogP contribution is -2.30. The molecule has 0 amide bonds. The van der Waals surface area contributed by atoms with Crippen molar-refractivity contribution in [3.63, 3.8) is 0 Å². The third kappa shape index (κ3) is 2.29. The van der Waals surface area contributed by atoms with Gasteiger partial charge in [0.1, 0.15) is 11.4 Å². The number of nitrogens with two attached hydrogens (primary N) is 1. The molecule has 90 valence electrons. The standard InChI is InChI=1S/C11H20N4O/c1-5-8-13-9(15-10(12)14-8)11(6-2,7-3)16-4/h5-7H2,1-4H3,(H2,12,13,14,15). The summed E-state index contributed by atoms with van der Waals surface area (Å²) >= 11 is 0. The largest absolute Gasteiger partial charge is 0.370 e. The van der Waals surface area contributed by atoms with Crippen molar-refractivity contribution in [2.75, 3.05) is 12.8 Å². The highest BCUT2D eigenvalue weighted by Crippen LogP contribution is 2.29. The van der Waals surface area contributed by atoms with E-state index in [1.807, 2.05) is 6.92 Å². The Morgan fingerprint density at radius 1 is 1.12 bits per heavy atom. The molecule has 0 bridgehead atoms. The molecule has 0 aliphatic rings. The first-order valence-corrected chi connectivity index (χ1v) is 5.67. The minimum Gasteiger partial charge on any atom is -0.370 e. The molecule has 0 radical (unpaired) electrons. The van der Waals surface area contributed by atoms with E-state index in [2.05, 4.69) is 28.8 Å². The van der Waals surface area contributed by atoms with Gasteiger partial charge in [-0.1, -0.05) is 20.8 Å². The summed E-state index contributed by atoms with van der Waals surface area (Å²) in [6.45, 7) is 6.10. The average Bonchev–Trinajstić information content (AvgIpc) is 2.31. The van der Waals surface area contributed by atoms with Crippen LogP contribution in [0.1, 0.15) is 45.3 Å². The van der Waals surface area contributed by atoms with E-state index in [4.69, 9.17) is 10.5 Å². The van der Waals surface area contributed by atoms with Gasteiger partial charge in [-0.15, -0.1) is 0 Å². The fourth-order valence-electron chi connectivity index (χ4n) is 1.75. The van der Waals surface area contributed by atoms with Crippen molar-refractivity contribution in [3.8, 4) is 0 Å². The van der Waals surface area contributed by atoms with Crippen molar-refractivity contribution in [2.45, 2.75) is 45.6 Å². The van der Waals surface area contributed by atoms with Crippen LogP contribution >= 0.6 is 0 Å². The van der Waals surface area contributed by atoms with E-state index < -0.39 is 5.60 Å². The molecule has 1 aromatic heterocycles. The van der Waals surface area contributed by atoms with Gasteiger partial charge in [0, 0.05) is 13.5 Å². The molecule has 0 atom stereocenters. The van der Waals surface area contributed by atoms with Crippen molar-refractivity contribution in [1.82, 2.24) is 15.0 Å². The fraction of sp³-hybridized carbons (Fsp3) is 0.727. The summed E-state index contributed by atoms with van der Waals surface area (Å²) in [6, 6.07) is 0. The van der Waals surface area contributed by atoms with Crippen molar-refractivity contribution < 1.29 is 4.74 Å². The molecule has 0 aliphatic carbocycles. The van der Waals surface area contributed by atoms with Gasteiger partial charge in [0.25, 0.3) is 0 Å². The Hall–Kier alpha value is -1.23. The summed E-state index contributed by atoms with van der Waals surface area (Å²) in [5.41, 5.74) is 5.23. The zero-order valence-electron chi connectivity index (χ0n) is 10.4. The molecule has 0 unspecified atom stereocenters. The number of anilines is 1. The van der Waals surface area contributed by atoms with Crippen LogP contribution in [0.15, 0.2) is 0 Å². The number of hydrogen-bond donors (Lipinski definition) is 1. The molecule has 0 saturated carbocycles. The lowest BCUT2D eigenvalue weighted by Gasteiger charge is -2.28. The van der Waals surface area contributed by atoms with Crippen LogP contribution in [-0.2, 0) is 16.8 Å². The number of ether oxygens (including phenoxy) is 1. The van der Waals surface area contributed by atoms with Crippen LogP contribution < -0.4 is 5.73 Å². The second-order valence-electron chi connectivity index (χ2n) is 3.69. The summed E-state index contributed by atoms with van der Waals surface area (Å²) in [6.07, 6.45) is 2.37. The number of nitrogen functional groups attached to an aromatic ring is 1. The van der Waals surface area contributed by atoms with E-state index in [9.17, 15) is 0 Å². The highest BCUT2D eigenvalue weighted by Gasteiger charge is 2.32. The van der Waals surface area contributed by atoms with Crippen LogP contribution in [0, 0.1) is 0 Å². The lowest BCUT2D eigenvalue weighted by atomic mass is 9.96. The monoisotopic (exact) mass is 224 g/mol. The van der Waals surface area contributed by atoms with E-state index in [-0.39, 0.29) is 5.95 Å². The second-order valence-corrected chi connectivity index (χ2v) is 3.69. The molecule has 1 heterocycles. The Morgan fingerprint density at radius 3 is 2.19 bits per heavy atom. The smallest absolute Gasteiger partial charge is 0.223 e. The van der Waals surface area contributed by atoms with E-state index >= 15 is 0 Å². The fourth-order valence-corrected chi connectivity index (χ4v) is 1.75. The van der Waals surface area contributed by atoms with Gasteiger partial charge in [0.2, 0.25) is 5.95 Å². The Bertz CT molecular complexity index is 342. The predicted molar refractivity (Wildman–Crippen MR) is 62.9 cm³/mol. The van der Waals surface area contributed by atoms with Gasteiger partial charge in [-0.2, -0.15) is 9.97 Å². The molecule has 0 aliphatic heterocycles. The molecule has 2 N–H and O–H groups in total. The molecule has 5 heteroatoms. The van der Waals surface area contributed by atoms with Crippen molar-refractivity contribution in [1.29, 1.82) is 0 Å². The van der Waals surface area contributed by atoms with Crippen molar-refractivity contribution in [3.05, 3.63) is 11.6 Å². The first kappa shape index (κ1) is 12.8. The normalized spacial score (nSPS) is 11.8. The Kier molecular flexibility index (Phi) is 4.18. The zero-order chi connectivity index (χ0) is 12.2. The van der Waals surface area contributed by atoms with E-state index in [0.717, 1.165) is 19.3 Å². The summed E-state index contributed by atoms with van der Waals surface area (Å²) in [5.74, 6) is 1.63. The maximum absolute atomic E-state index is 5.68. The minimum absolute atomic E-state index is 0.269. The average molecular weight is 224 g/mol. The molecule has 1 rings (SSSR count). The quantitative estimate of drug-likeness (QED) is 0.823. The molecule has 1 aromatic rings. The summed E-state index contributed by atoms with van der Waals surface area (Å²) in [7, 11) is 1.68. The van der Waals surface area contributed by atoms with Gasteiger partial charge >= 0.3 is 0 Å². The number of rotatable bonds is 5. The Balaban J connectivity index is 3.23. The van der Waals surface area contributed by atoms with Crippen molar-refractivity contribution in [2.24, 2.45) is 0 Å². The molecule has 0 saturated heterocycles. The van der Waals surface area contributed by atoms with Gasteiger partial charge in [-0.3, -0.25) is 0 Å². The first-order chi connectivity index (χ1) is 7.61. The number of methoxy groups -OCH3 is 1. The van der Waals surface area contributed by atoms with E-state index in [1.165, 1.54) is 0 Å². The highest BCUT2D eigenvalue weighted by molar-refractivity contribution is 5.19. The first-order valence-electron chi connectivity index (χ1n) is 5.67. The Labute approximate surface area is 96.5 Å². The number of nitrogens with zero attached hydrogens (tertiary/aromatic N) is 3. The summed E-state index contributed by atoms with van der Waals surface area (Å²) in [4.78, 5) is 12.7. The second kappa shape index (κ2) is 5.21. The molecule has 16 heavy (non-hydrogen) atoms. The van der Waals surface area contributed by atoms with E-state index in [1.54, 1.807) is 7.11 Å². The number of hydrogen-bond acceptors (Lipinski definition) is 5. The highest BCUT2D eigenvalue weighted by atomic mass is 16.5. The van der Waals surface area contributed by atoms with E-state index in [0.29, 0.717) is 11.6 Å². The maximum Gasteiger partial charge on any atom is 0.223 e. The molecule has 0 fully saturated rings. The summed E-state index contributed by atoms with van der Waals surface area (Å²) < 4.78 is 5.57. The lowest BCUT2D eigenvalue weighted by molar-refractivity contribution is -0.0293. The van der Waals surface area contributed by atoms with Gasteiger partial charge in [0.15, 0.2) is 5.82 Å². The molecule has 5 nitrogen and oxygen atoms in total. The molecule has 0 spiro atoms. The van der Waals surface area contributed by atoms with Gasteiger partial charge in [0.05, 0.1) is 0 Å². The number of aryl methyl sites for hydroxylation is 1. The van der Waals surface area contributed by atoms with Crippen LogP contribution in [0.25, 0.3) is 0 Å². The van der Waals surface area contributed by atoms with Crippen LogP contribution in [0.4, 0.5) is 5.95 Å². The Morgan fingerprint density at radius 2 is 1.75 bits per heavy atom. The predicted octanol–water partition coefficient (Wildman–Crippen LogP) is 1.68. The zero-order valence-corrected chi connectivity index (χ0v) is 10.4. The molecule has 0 aromatic carbocycles. The van der Waals surface area contributed by atoms with Crippen LogP contribution in [0.3, 0.4) is 0 Å². The minimum atomic E-state index is -0.443. The van der Waals surface area contributed by atoms with Crippen LogP contribution in [-0.4, -0.2) is 22.1 Å². The van der Waals surface area contributed by atoms with Crippen LogP contribution in [0.2, 0.25) is 0 Å². The van der Waals surface area contributed by atoms with Crippen molar-refractivity contribution >= 4 is 5.95 Å². The molecular formula is C11H20N4O. The van der Waals surface area contributed by atoms with Gasteiger partial charge in [-0.05, 0) is 12.8 Å². The van der Waals surface area contributed by atoms with Gasteiger partial charge < -0.3 is 10.5 Å². The third-order valence-electron chi connectivity index (χ3n) is 2.96. The van der Waals surface area contributed by atoms with Gasteiger partial charge in [-0.25, -0.2) is 4.98 Å². The maximum atomic E-state index is 5.68. The topological polar surface area (TPSA) is 73.9 Å². The summed E-state index contributed by atoms with van der Waals surface area (Å²) in [5, 5.41) is 0. The SMILES string of the molecule is CCc1nc(N)nc(C(CC)(CC)OC)n1. The molecular weight excluding hydrogens is 204 g/mol. The van der Waals surface area contributed by atoms with Crippen LogP contribution in [0.5, 0.6) is 0 Å².